The van der Waals surface area contributed by atoms with Crippen LogP contribution in [0.3, 0.4) is 0 Å². The quantitative estimate of drug-likeness (QED) is 0.566. The highest BCUT2D eigenvalue weighted by atomic mass is 16.5. The summed E-state index contributed by atoms with van der Waals surface area (Å²) in [5, 5.41) is 10.4. The van der Waals surface area contributed by atoms with Crippen molar-refractivity contribution in [2.45, 2.75) is 12.8 Å². The molecular formula is C23H24N4O3. The van der Waals surface area contributed by atoms with Crippen molar-refractivity contribution in [3.63, 3.8) is 0 Å². The third-order valence-corrected chi connectivity index (χ3v) is 4.98. The van der Waals surface area contributed by atoms with Crippen molar-refractivity contribution < 1.29 is 14.3 Å². The molecule has 1 aromatic heterocycles. The van der Waals surface area contributed by atoms with E-state index in [4.69, 9.17) is 4.74 Å². The summed E-state index contributed by atoms with van der Waals surface area (Å²) < 4.78 is 7.01. The zero-order valence-corrected chi connectivity index (χ0v) is 16.8. The predicted octanol–water partition coefficient (Wildman–Crippen LogP) is 2.80. The number of ether oxygens (including phenoxy) is 1. The molecule has 0 spiro atoms. The van der Waals surface area contributed by atoms with Gasteiger partial charge < -0.3 is 15.4 Å². The Hall–Kier alpha value is -3.61. The van der Waals surface area contributed by atoms with E-state index in [0.29, 0.717) is 30.1 Å². The van der Waals surface area contributed by atoms with Crippen molar-refractivity contribution in [1.82, 2.24) is 20.4 Å². The molecule has 1 saturated carbocycles. The molecule has 154 valence electrons. The number of hydrogen-bond acceptors (Lipinski definition) is 4. The minimum Gasteiger partial charge on any atom is -0.497 e. The van der Waals surface area contributed by atoms with Gasteiger partial charge in [0, 0.05) is 30.8 Å². The molecule has 1 heterocycles. The number of nitrogens with one attached hydrogen (secondary N) is 2. The van der Waals surface area contributed by atoms with Crippen molar-refractivity contribution >= 4 is 11.8 Å². The molecule has 0 aliphatic heterocycles. The smallest absolute Gasteiger partial charge is 0.255 e. The summed E-state index contributed by atoms with van der Waals surface area (Å²) in [6.45, 7) is 0.758. The number of carbonyl (C=O) groups excluding carboxylic acids is 2. The number of methoxy groups -OCH3 is 1. The van der Waals surface area contributed by atoms with Gasteiger partial charge in [-0.3, -0.25) is 9.59 Å². The summed E-state index contributed by atoms with van der Waals surface area (Å²) in [4.78, 5) is 24.7. The first kappa shape index (κ1) is 19.7. The van der Waals surface area contributed by atoms with Crippen molar-refractivity contribution in [3.05, 3.63) is 66.4 Å². The lowest BCUT2D eigenvalue weighted by Gasteiger charge is -2.07. The first-order valence-electron chi connectivity index (χ1n) is 10.0. The van der Waals surface area contributed by atoms with E-state index in [0.717, 1.165) is 24.1 Å². The number of aromatic nitrogens is 2. The third-order valence-electron chi connectivity index (χ3n) is 4.98. The maximum atomic E-state index is 12.9. The topological polar surface area (TPSA) is 85.2 Å². The highest BCUT2D eigenvalue weighted by Gasteiger charge is 2.29. The Morgan fingerprint density at radius 3 is 2.57 bits per heavy atom. The molecule has 0 bridgehead atoms. The number of amides is 2. The van der Waals surface area contributed by atoms with Gasteiger partial charge in [0.05, 0.1) is 18.4 Å². The fraction of sp³-hybridized carbons (Fsp3) is 0.261. The molecule has 0 radical (unpaired) electrons. The van der Waals surface area contributed by atoms with E-state index in [1.54, 1.807) is 18.0 Å². The van der Waals surface area contributed by atoms with E-state index in [-0.39, 0.29) is 17.7 Å². The van der Waals surface area contributed by atoms with Crippen LogP contribution in [0.4, 0.5) is 0 Å². The number of carbonyl (C=O) groups is 2. The van der Waals surface area contributed by atoms with Crippen molar-refractivity contribution in [3.8, 4) is 22.7 Å². The highest BCUT2D eigenvalue weighted by Crippen LogP contribution is 2.29. The van der Waals surface area contributed by atoms with Gasteiger partial charge in [-0.05, 0) is 37.1 Å². The largest absolute Gasteiger partial charge is 0.497 e. The van der Waals surface area contributed by atoms with E-state index in [1.807, 2.05) is 54.6 Å². The minimum atomic E-state index is -0.240. The van der Waals surface area contributed by atoms with Gasteiger partial charge in [0.1, 0.15) is 11.4 Å². The molecule has 2 amide bonds. The van der Waals surface area contributed by atoms with E-state index in [9.17, 15) is 9.59 Å². The Labute approximate surface area is 175 Å². The summed E-state index contributed by atoms with van der Waals surface area (Å²) in [6, 6.07) is 17.1. The second-order valence-corrected chi connectivity index (χ2v) is 7.22. The van der Waals surface area contributed by atoms with Gasteiger partial charge in [0.25, 0.3) is 5.91 Å². The van der Waals surface area contributed by atoms with Crippen LogP contribution in [0.25, 0.3) is 16.9 Å². The fourth-order valence-corrected chi connectivity index (χ4v) is 3.18. The zero-order valence-electron chi connectivity index (χ0n) is 16.8. The maximum Gasteiger partial charge on any atom is 0.255 e. The molecular weight excluding hydrogens is 380 g/mol. The van der Waals surface area contributed by atoms with Crippen molar-refractivity contribution in [1.29, 1.82) is 0 Å². The summed E-state index contributed by atoms with van der Waals surface area (Å²) in [7, 11) is 1.60. The number of rotatable bonds is 8. The average Bonchev–Trinajstić information content (AvgIpc) is 3.55. The van der Waals surface area contributed by atoms with E-state index >= 15 is 0 Å². The van der Waals surface area contributed by atoms with Crippen LogP contribution in [0.15, 0.2) is 60.8 Å². The van der Waals surface area contributed by atoms with E-state index in [1.165, 1.54) is 0 Å². The number of hydrogen-bond donors (Lipinski definition) is 2. The molecule has 1 aliphatic rings. The van der Waals surface area contributed by atoms with Gasteiger partial charge >= 0.3 is 0 Å². The van der Waals surface area contributed by atoms with Gasteiger partial charge in [-0.25, -0.2) is 4.68 Å². The number of para-hydroxylation sites is 1. The van der Waals surface area contributed by atoms with Crippen LogP contribution in [0, 0.1) is 5.92 Å². The standard InChI is InChI=1S/C23H24N4O3/c1-30-19-9-5-6-17(14-19)21-20(15-27(26-21)18-7-3-2-4-8-18)23(29)25-13-12-24-22(28)16-10-11-16/h2-9,14-16H,10-13H2,1H3,(H,24,28)(H,25,29). The van der Waals surface area contributed by atoms with Crippen LogP contribution in [0.5, 0.6) is 5.75 Å². The number of benzene rings is 2. The molecule has 4 rings (SSSR count). The number of nitrogens with zero attached hydrogens (tertiary/aromatic N) is 2. The van der Waals surface area contributed by atoms with Crippen molar-refractivity contribution in [2.24, 2.45) is 5.92 Å². The first-order valence-corrected chi connectivity index (χ1v) is 10.0. The maximum absolute atomic E-state index is 12.9. The lowest BCUT2D eigenvalue weighted by Crippen LogP contribution is -2.35. The van der Waals surface area contributed by atoms with Crippen LogP contribution >= 0.6 is 0 Å². The Morgan fingerprint density at radius 1 is 1.07 bits per heavy atom. The molecule has 0 unspecified atom stereocenters. The Kier molecular flexibility index (Phi) is 5.79. The van der Waals surface area contributed by atoms with Crippen LogP contribution in [-0.4, -0.2) is 41.8 Å². The summed E-state index contributed by atoms with van der Waals surface area (Å²) >= 11 is 0. The summed E-state index contributed by atoms with van der Waals surface area (Å²) in [5.41, 5.74) is 2.67. The lowest BCUT2D eigenvalue weighted by molar-refractivity contribution is -0.122. The second kappa shape index (κ2) is 8.82. The predicted molar refractivity (Wildman–Crippen MR) is 114 cm³/mol. The highest BCUT2D eigenvalue weighted by molar-refractivity contribution is 6.00. The fourth-order valence-electron chi connectivity index (χ4n) is 3.18. The molecule has 30 heavy (non-hydrogen) atoms. The molecule has 7 nitrogen and oxygen atoms in total. The van der Waals surface area contributed by atoms with E-state index < -0.39 is 0 Å². The Morgan fingerprint density at radius 2 is 1.83 bits per heavy atom. The van der Waals surface area contributed by atoms with Gasteiger partial charge in [0.2, 0.25) is 5.91 Å². The van der Waals surface area contributed by atoms with Crippen LogP contribution in [0.1, 0.15) is 23.2 Å². The molecule has 0 saturated heterocycles. The Balaban J connectivity index is 1.55. The second-order valence-electron chi connectivity index (χ2n) is 7.22. The van der Waals surface area contributed by atoms with Gasteiger partial charge in [-0.15, -0.1) is 0 Å². The average molecular weight is 404 g/mol. The lowest BCUT2D eigenvalue weighted by atomic mass is 10.1. The minimum absolute atomic E-state index is 0.0678. The van der Waals surface area contributed by atoms with Crippen LogP contribution in [-0.2, 0) is 4.79 Å². The van der Waals surface area contributed by atoms with Crippen LogP contribution < -0.4 is 15.4 Å². The molecule has 3 aromatic rings. The third kappa shape index (κ3) is 4.51. The van der Waals surface area contributed by atoms with E-state index in [2.05, 4.69) is 15.7 Å². The molecule has 2 N–H and O–H groups in total. The molecule has 0 atom stereocenters. The zero-order chi connectivity index (χ0) is 20.9. The molecule has 7 heteroatoms. The van der Waals surface area contributed by atoms with Crippen LogP contribution in [0.2, 0.25) is 0 Å². The molecule has 2 aromatic carbocycles. The SMILES string of the molecule is COc1cccc(-c2nn(-c3ccccc3)cc2C(=O)NCCNC(=O)C2CC2)c1. The molecule has 1 aliphatic carbocycles. The van der Waals surface area contributed by atoms with Gasteiger partial charge in [0.15, 0.2) is 0 Å². The molecule has 1 fully saturated rings. The monoisotopic (exact) mass is 404 g/mol. The van der Waals surface area contributed by atoms with Crippen molar-refractivity contribution in [2.75, 3.05) is 20.2 Å². The first-order chi connectivity index (χ1) is 14.7. The normalized spacial score (nSPS) is 13.0. The van der Waals surface area contributed by atoms with Gasteiger partial charge in [-0.2, -0.15) is 5.10 Å². The summed E-state index contributed by atoms with van der Waals surface area (Å²) in [6.07, 6.45) is 3.64. The Bertz CT molecular complexity index is 1040. The summed E-state index contributed by atoms with van der Waals surface area (Å²) in [5.74, 6) is 0.675. The van der Waals surface area contributed by atoms with Gasteiger partial charge in [-0.1, -0.05) is 30.3 Å².